The van der Waals surface area contributed by atoms with Crippen LogP contribution in [0.2, 0.25) is 10.3 Å². The smallest absolute Gasteiger partial charge is 0.338 e. The molecule has 0 radical (unpaired) electrons. The van der Waals surface area contributed by atoms with Gasteiger partial charge in [-0.1, -0.05) is 23.2 Å². The van der Waals surface area contributed by atoms with Gasteiger partial charge >= 0.3 is 5.97 Å². The number of piperidine rings is 1. The van der Waals surface area contributed by atoms with Crippen LogP contribution in [0.3, 0.4) is 0 Å². The lowest BCUT2D eigenvalue weighted by atomic mass is 10.1. The van der Waals surface area contributed by atoms with Crippen molar-refractivity contribution in [1.82, 2.24) is 9.88 Å². The molecule has 0 saturated carbocycles. The van der Waals surface area contributed by atoms with E-state index in [1.807, 2.05) is 0 Å². The van der Waals surface area contributed by atoms with Crippen molar-refractivity contribution in [1.29, 1.82) is 0 Å². The van der Waals surface area contributed by atoms with E-state index in [2.05, 4.69) is 16.9 Å². The third-order valence-electron chi connectivity index (χ3n) is 2.94. The lowest BCUT2D eigenvalue weighted by Crippen LogP contribution is -2.35. The number of halogens is 2. The summed E-state index contributed by atoms with van der Waals surface area (Å²) >= 11 is 11.5. The molecule has 1 fully saturated rings. The van der Waals surface area contributed by atoms with Crippen molar-refractivity contribution in [3.05, 3.63) is 28.0 Å². The zero-order valence-corrected chi connectivity index (χ0v) is 11.5. The molecule has 0 aromatic carbocycles. The normalized spacial score (nSPS) is 17.7. The average molecular weight is 289 g/mol. The Morgan fingerprint density at radius 2 is 1.89 bits per heavy atom. The second kappa shape index (κ2) is 5.87. The first-order valence-electron chi connectivity index (χ1n) is 5.77. The van der Waals surface area contributed by atoms with Gasteiger partial charge in [-0.05, 0) is 32.0 Å². The highest BCUT2D eigenvalue weighted by molar-refractivity contribution is 6.32. The van der Waals surface area contributed by atoms with E-state index in [-0.39, 0.29) is 16.4 Å². The lowest BCUT2D eigenvalue weighted by molar-refractivity contribution is 0.0139. The van der Waals surface area contributed by atoms with E-state index in [1.54, 1.807) is 0 Å². The quantitative estimate of drug-likeness (QED) is 0.620. The van der Waals surface area contributed by atoms with Crippen LogP contribution < -0.4 is 0 Å². The van der Waals surface area contributed by atoms with Crippen LogP contribution in [0.15, 0.2) is 12.1 Å². The summed E-state index contributed by atoms with van der Waals surface area (Å²) in [6, 6.07) is 2.93. The maximum Gasteiger partial charge on any atom is 0.338 e. The Morgan fingerprint density at radius 3 is 2.44 bits per heavy atom. The van der Waals surface area contributed by atoms with Crippen LogP contribution in [0.5, 0.6) is 0 Å². The van der Waals surface area contributed by atoms with Crippen LogP contribution in [0, 0.1) is 0 Å². The number of esters is 1. The fourth-order valence-corrected chi connectivity index (χ4v) is 2.37. The van der Waals surface area contributed by atoms with Crippen LogP contribution in [0.1, 0.15) is 23.2 Å². The molecule has 4 nitrogen and oxygen atoms in total. The summed E-state index contributed by atoms with van der Waals surface area (Å²) in [6.07, 6.45) is 1.68. The molecule has 0 spiro atoms. The van der Waals surface area contributed by atoms with Gasteiger partial charge in [-0.3, -0.25) is 0 Å². The number of pyridine rings is 1. The standard InChI is InChI=1S/C12H14Cl2N2O2/c1-16-4-2-9(3-5-16)18-12(17)8-6-10(13)15-11(14)7-8/h6-7,9H,2-5H2,1H3. The Morgan fingerprint density at radius 1 is 1.33 bits per heavy atom. The van der Waals surface area contributed by atoms with E-state index in [0.717, 1.165) is 25.9 Å². The van der Waals surface area contributed by atoms with Crippen molar-refractivity contribution in [3.8, 4) is 0 Å². The third-order valence-corrected chi connectivity index (χ3v) is 3.33. The highest BCUT2D eigenvalue weighted by Crippen LogP contribution is 2.18. The average Bonchev–Trinajstić information content (AvgIpc) is 2.31. The predicted octanol–water partition coefficient (Wildman–Crippen LogP) is 2.64. The molecule has 1 aromatic rings. The number of ether oxygens (including phenoxy) is 1. The molecular formula is C12H14Cl2N2O2. The fourth-order valence-electron chi connectivity index (χ4n) is 1.90. The third kappa shape index (κ3) is 3.57. The number of hydrogen-bond acceptors (Lipinski definition) is 4. The molecule has 18 heavy (non-hydrogen) atoms. The summed E-state index contributed by atoms with van der Waals surface area (Å²) in [4.78, 5) is 17.9. The minimum absolute atomic E-state index is 0.0283. The largest absolute Gasteiger partial charge is 0.459 e. The van der Waals surface area contributed by atoms with Crippen LogP contribution in [-0.4, -0.2) is 42.1 Å². The fraction of sp³-hybridized carbons (Fsp3) is 0.500. The summed E-state index contributed by atoms with van der Waals surface area (Å²) in [5.41, 5.74) is 0.346. The number of carbonyl (C=O) groups excluding carboxylic acids is 1. The maximum atomic E-state index is 11.9. The molecule has 0 unspecified atom stereocenters. The minimum Gasteiger partial charge on any atom is -0.459 e. The molecule has 1 saturated heterocycles. The van der Waals surface area contributed by atoms with Crippen LogP contribution in [0.4, 0.5) is 0 Å². The van der Waals surface area contributed by atoms with Gasteiger partial charge in [0.05, 0.1) is 5.56 Å². The summed E-state index contributed by atoms with van der Waals surface area (Å²) in [7, 11) is 2.06. The lowest BCUT2D eigenvalue weighted by Gasteiger charge is -2.28. The second-order valence-electron chi connectivity index (χ2n) is 4.41. The molecular weight excluding hydrogens is 275 g/mol. The number of nitrogens with zero attached hydrogens (tertiary/aromatic N) is 2. The number of likely N-dealkylation sites (tertiary alicyclic amines) is 1. The topological polar surface area (TPSA) is 42.4 Å². The Labute approximate surface area is 116 Å². The van der Waals surface area contributed by atoms with Crippen molar-refractivity contribution in [2.45, 2.75) is 18.9 Å². The van der Waals surface area contributed by atoms with Gasteiger partial charge < -0.3 is 9.64 Å². The Kier molecular flexibility index (Phi) is 4.43. The highest BCUT2D eigenvalue weighted by Gasteiger charge is 2.21. The van der Waals surface area contributed by atoms with Gasteiger partial charge in [0, 0.05) is 13.1 Å². The van der Waals surface area contributed by atoms with E-state index < -0.39 is 5.97 Å². The van der Waals surface area contributed by atoms with E-state index in [0.29, 0.717) is 5.56 Å². The van der Waals surface area contributed by atoms with Crippen LogP contribution >= 0.6 is 23.2 Å². The first-order chi connectivity index (χ1) is 8.54. The van der Waals surface area contributed by atoms with Crippen LogP contribution in [-0.2, 0) is 4.74 Å². The van der Waals surface area contributed by atoms with E-state index in [9.17, 15) is 4.79 Å². The molecule has 6 heteroatoms. The molecule has 1 aliphatic heterocycles. The monoisotopic (exact) mass is 288 g/mol. The van der Waals surface area contributed by atoms with Crippen molar-refractivity contribution in [2.24, 2.45) is 0 Å². The zero-order valence-electron chi connectivity index (χ0n) is 10.0. The first-order valence-corrected chi connectivity index (χ1v) is 6.53. The molecule has 2 heterocycles. The van der Waals surface area contributed by atoms with Crippen molar-refractivity contribution in [2.75, 3.05) is 20.1 Å². The maximum absolute atomic E-state index is 11.9. The number of hydrogen-bond donors (Lipinski definition) is 0. The van der Waals surface area contributed by atoms with Crippen molar-refractivity contribution < 1.29 is 9.53 Å². The molecule has 0 N–H and O–H groups in total. The molecule has 0 atom stereocenters. The molecule has 0 amide bonds. The van der Waals surface area contributed by atoms with Gasteiger partial charge in [0.25, 0.3) is 0 Å². The zero-order chi connectivity index (χ0) is 13.1. The number of rotatable bonds is 2. The second-order valence-corrected chi connectivity index (χ2v) is 5.18. The van der Waals surface area contributed by atoms with Gasteiger partial charge in [0.1, 0.15) is 16.4 Å². The molecule has 98 valence electrons. The molecule has 0 aliphatic carbocycles. The Bertz CT molecular complexity index is 425. The van der Waals surface area contributed by atoms with Crippen molar-refractivity contribution in [3.63, 3.8) is 0 Å². The summed E-state index contributed by atoms with van der Waals surface area (Å²) in [6.45, 7) is 1.88. The van der Waals surface area contributed by atoms with E-state index >= 15 is 0 Å². The molecule has 1 aliphatic rings. The van der Waals surface area contributed by atoms with Gasteiger partial charge in [0.2, 0.25) is 0 Å². The highest BCUT2D eigenvalue weighted by atomic mass is 35.5. The van der Waals surface area contributed by atoms with E-state index in [1.165, 1.54) is 12.1 Å². The van der Waals surface area contributed by atoms with Gasteiger partial charge in [0.15, 0.2) is 0 Å². The number of aromatic nitrogens is 1. The van der Waals surface area contributed by atoms with E-state index in [4.69, 9.17) is 27.9 Å². The van der Waals surface area contributed by atoms with Crippen LogP contribution in [0.25, 0.3) is 0 Å². The summed E-state index contributed by atoms with van der Waals surface area (Å²) in [5.74, 6) is -0.393. The number of carbonyl (C=O) groups is 1. The summed E-state index contributed by atoms with van der Waals surface area (Å²) < 4.78 is 5.43. The van der Waals surface area contributed by atoms with Gasteiger partial charge in [-0.15, -0.1) is 0 Å². The first kappa shape index (κ1) is 13.6. The SMILES string of the molecule is CN1CCC(OC(=O)c2cc(Cl)nc(Cl)c2)CC1. The van der Waals surface area contributed by atoms with Gasteiger partial charge in [-0.25, -0.2) is 9.78 Å². The molecule has 2 rings (SSSR count). The van der Waals surface area contributed by atoms with Crippen molar-refractivity contribution >= 4 is 29.2 Å². The van der Waals surface area contributed by atoms with Gasteiger partial charge in [-0.2, -0.15) is 0 Å². The summed E-state index contributed by atoms with van der Waals surface area (Å²) in [5, 5.41) is 0.385. The Balaban J connectivity index is 1.99. The molecule has 1 aromatic heterocycles. The predicted molar refractivity (Wildman–Crippen MR) is 70.2 cm³/mol. The Hall–Kier alpha value is -0.840. The molecule has 0 bridgehead atoms. The minimum atomic E-state index is -0.393.